The van der Waals surface area contributed by atoms with Gasteiger partial charge < -0.3 is 5.32 Å². The number of anilines is 2. The summed E-state index contributed by atoms with van der Waals surface area (Å²) in [6.45, 7) is 0. The molecule has 2 N–H and O–H groups in total. The molecule has 8 heteroatoms. The molecule has 1 saturated carbocycles. The summed E-state index contributed by atoms with van der Waals surface area (Å²) in [6.07, 6.45) is 5.20. The van der Waals surface area contributed by atoms with Gasteiger partial charge in [0.15, 0.2) is 0 Å². The first-order valence-electron chi connectivity index (χ1n) is 8.74. The molecule has 0 aliphatic heterocycles. The number of sulfonamides is 1. The minimum atomic E-state index is -3.93. The van der Waals surface area contributed by atoms with E-state index in [1.165, 1.54) is 18.6 Å². The lowest BCUT2D eigenvalue weighted by Gasteiger charge is -2.20. The first-order valence-corrected chi connectivity index (χ1v) is 11.0. The zero-order chi connectivity index (χ0) is 19.4. The van der Waals surface area contributed by atoms with Gasteiger partial charge in [0.1, 0.15) is 4.90 Å². The molecule has 0 spiro atoms. The Morgan fingerprint density at radius 1 is 0.889 bits per heavy atom. The molecule has 1 aliphatic rings. The van der Waals surface area contributed by atoms with Gasteiger partial charge in [0, 0.05) is 17.3 Å². The standard InChI is InChI=1S/C19H20Cl2N2O3S/c20-16-7-4-8-17(21)18(16)27(25,26)23-15-11-9-14(10-12-15)22-19(24)13-5-2-1-3-6-13/h4,7-13,23H,1-3,5-6H2,(H,22,24). The van der Waals surface area contributed by atoms with E-state index in [-0.39, 0.29) is 26.8 Å². The van der Waals surface area contributed by atoms with Crippen LogP contribution in [-0.4, -0.2) is 14.3 Å². The van der Waals surface area contributed by atoms with Gasteiger partial charge in [-0.05, 0) is 49.2 Å². The van der Waals surface area contributed by atoms with Gasteiger partial charge in [-0.25, -0.2) is 8.42 Å². The van der Waals surface area contributed by atoms with Gasteiger partial charge >= 0.3 is 0 Å². The highest BCUT2D eigenvalue weighted by Crippen LogP contribution is 2.31. The number of benzene rings is 2. The van der Waals surface area contributed by atoms with E-state index in [1.807, 2.05) is 0 Å². The third-order valence-corrected chi connectivity index (χ3v) is 6.90. The second-order valence-electron chi connectivity index (χ2n) is 6.56. The number of carbonyl (C=O) groups excluding carboxylic acids is 1. The molecule has 0 saturated heterocycles. The fourth-order valence-corrected chi connectivity index (χ4v) is 5.38. The third-order valence-electron chi connectivity index (χ3n) is 4.57. The number of amides is 1. The smallest absolute Gasteiger partial charge is 0.264 e. The third kappa shape index (κ3) is 4.94. The molecule has 0 bridgehead atoms. The molecule has 1 aliphatic carbocycles. The minimum absolute atomic E-state index is 0.0193. The Morgan fingerprint density at radius 3 is 2.04 bits per heavy atom. The number of nitrogens with one attached hydrogen (secondary N) is 2. The van der Waals surface area contributed by atoms with E-state index < -0.39 is 10.0 Å². The molecule has 0 heterocycles. The second-order valence-corrected chi connectivity index (χ2v) is 8.99. The van der Waals surface area contributed by atoms with Crippen molar-refractivity contribution in [2.75, 3.05) is 10.0 Å². The monoisotopic (exact) mass is 426 g/mol. The van der Waals surface area contributed by atoms with Gasteiger partial charge in [-0.1, -0.05) is 48.5 Å². The summed E-state index contributed by atoms with van der Waals surface area (Å²) in [5.74, 6) is 0.0742. The van der Waals surface area contributed by atoms with Crippen molar-refractivity contribution in [2.45, 2.75) is 37.0 Å². The van der Waals surface area contributed by atoms with Gasteiger partial charge in [-0.15, -0.1) is 0 Å². The average Bonchev–Trinajstić information content (AvgIpc) is 2.63. The molecular formula is C19H20Cl2N2O3S. The first-order chi connectivity index (χ1) is 12.9. The van der Waals surface area contributed by atoms with Gasteiger partial charge in [0.05, 0.1) is 10.0 Å². The average molecular weight is 427 g/mol. The van der Waals surface area contributed by atoms with Crippen LogP contribution in [0.15, 0.2) is 47.4 Å². The predicted octanol–water partition coefficient (Wildman–Crippen LogP) is 5.31. The Labute approximate surface area is 169 Å². The summed E-state index contributed by atoms with van der Waals surface area (Å²) in [5.41, 5.74) is 0.978. The molecule has 5 nitrogen and oxygen atoms in total. The largest absolute Gasteiger partial charge is 0.326 e. The van der Waals surface area contributed by atoms with Crippen molar-refractivity contribution in [1.29, 1.82) is 0 Å². The Morgan fingerprint density at radius 2 is 1.44 bits per heavy atom. The van der Waals surface area contributed by atoms with Crippen LogP contribution >= 0.6 is 23.2 Å². The van der Waals surface area contributed by atoms with Crippen molar-refractivity contribution < 1.29 is 13.2 Å². The number of hydrogen-bond donors (Lipinski definition) is 2. The first kappa shape index (κ1) is 20.0. The molecule has 0 aromatic heterocycles. The van der Waals surface area contributed by atoms with E-state index in [9.17, 15) is 13.2 Å². The maximum Gasteiger partial charge on any atom is 0.264 e. The van der Waals surface area contributed by atoms with Crippen molar-refractivity contribution in [1.82, 2.24) is 0 Å². The van der Waals surface area contributed by atoms with Crippen molar-refractivity contribution >= 4 is 50.5 Å². The highest BCUT2D eigenvalue weighted by molar-refractivity contribution is 7.93. The number of halogens is 2. The summed E-state index contributed by atoms with van der Waals surface area (Å²) >= 11 is 12.0. The number of rotatable bonds is 5. The van der Waals surface area contributed by atoms with Crippen LogP contribution in [0.4, 0.5) is 11.4 Å². The summed E-state index contributed by atoms with van der Waals surface area (Å²) in [4.78, 5) is 12.1. The van der Waals surface area contributed by atoms with Gasteiger partial charge in [0.2, 0.25) is 5.91 Å². The molecule has 2 aromatic rings. The molecule has 0 radical (unpaired) electrons. The summed E-state index contributed by atoms with van der Waals surface area (Å²) < 4.78 is 27.6. The zero-order valence-electron chi connectivity index (χ0n) is 14.5. The van der Waals surface area contributed by atoms with Crippen LogP contribution in [0.5, 0.6) is 0 Å². The van der Waals surface area contributed by atoms with Gasteiger partial charge in [0.25, 0.3) is 10.0 Å². The normalized spacial score (nSPS) is 15.3. The summed E-state index contributed by atoms with van der Waals surface area (Å²) in [5, 5.41) is 2.99. The lowest BCUT2D eigenvalue weighted by molar-refractivity contribution is -0.120. The van der Waals surface area contributed by atoms with Crippen LogP contribution in [0.25, 0.3) is 0 Å². The fourth-order valence-electron chi connectivity index (χ4n) is 3.18. The van der Waals surface area contributed by atoms with Crippen molar-refractivity contribution in [3.05, 3.63) is 52.5 Å². The quantitative estimate of drug-likeness (QED) is 0.679. The van der Waals surface area contributed by atoms with Gasteiger partial charge in [-0.2, -0.15) is 0 Å². The Bertz CT molecular complexity index is 904. The molecular weight excluding hydrogens is 407 g/mol. The van der Waals surface area contributed by atoms with E-state index in [2.05, 4.69) is 10.0 Å². The molecule has 0 atom stereocenters. The second kappa shape index (κ2) is 8.50. The van der Waals surface area contributed by atoms with E-state index in [1.54, 1.807) is 30.3 Å². The molecule has 1 fully saturated rings. The van der Waals surface area contributed by atoms with E-state index in [0.29, 0.717) is 11.4 Å². The Kier molecular flexibility index (Phi) is 6.29. The summed E-state index contributed by atoms with van der Waals surface area (Å²) in [6, 6.07) is 11.0. The highest BCUT2D eigenvalue weighted by Gasteiger charge is 2.22. The maximum absolute atomic E-state index is 12.6. The Hall–Kier alpha value is -1.76. The Balaban J connectivity index is 1.69. The minimum Gasteiger partial charge on any atom is -0.326 e. The lowest BCUT2D eigenvalue weighted by Crippen LogP contribution is -2.24. The molecule has 1 amide bonds. The van der Waals surface area contributed by atoms with E-state index in [4.69, 9.17) is 23.2 Å². The van der Waals surface area contributed by atoms with E-state index in [0.717, 1.165) is 25.7 Å². The SMILES string of the molecule is O=C(Nc1ccc(NS(=O)(=O)c2c(Cl)cccc2Cl)cc1)C1CCCCC1. The molecule has 27 heavy (non-hydrogen) atoms. The fraction of sp³-hybridized carbons (Fsp3) is 0.316. The number of carbonyl (C=O) groups is 1. The van der Waals surface area contributed by atoms with Crippen LogP contribution < -0.4 is 10.0 Å². The highest BCUT2D eigenvalue weighted by atomic mass is 35.5. The predicted molar refractivity (Wildman–Crippen MR) is 109 cm³/mol. The number of hydrogen-bond acceptors (Lipinski definition) is 3. The molecule has 2 aromatic carbocycles. The lowest BCUT2D eigenvalue weighted by atomic mass is 9.88. The van der Waals surface area contributed by atoms with Crippen molar-refractivity contribution in [2.24, 2.45) is 5.92 Å². The zero-order valence-corrected chi connectivity index (χ0v) is 16.9. The topological polar surface area (TPSA) is 75.3 Å². The van der Waals surface area contributed by atoms with Crippen molar-refractivity contribution in [3.8, 4) is 0 Å². The van der Waals surface area contributed by atoms with E-state index >= 15 is 0 Å². The van der Waals surface area contributed by atoms with Crippen LogP contribution in [0.3, 0.4) is 0 Å². The molecule has 3 rings (SSSR count). The molecule has 0 unspecified atom stereocenters. The van der Waals surface area contributed by atoms with Crippen LogP contribution in [0.1, 0.15) is 32.1 Å². The van der Waals surface area contributed by atoms with Crippen LogP contribution in [-0.2, 0) is 14.8 Å². The van der Waals surface area contributed by atoms with Crippen LogP contribution in [0, 0.1) is 5.92 Å². The van der Waals surface area contributed by atoms with Crippen LogP contribution in [0.2, 0.25) is 10.0 Å². The maximum atomic E-state index is 12.6. The summed E-state index contributed by atoms with van der Waals surface area (Å²) in [7, 11) is -3.93. The van der Waals surface area contributed by atoms with Crippen molar-refractivity contribution in [3.63, 3.8) is 0 Å². The molecule has 144 valence electrons. The van der Waals surface area contributed by atoms with Gasteiger partial charge in [-0.3, -0.25) is 9.52 Å².